The molecule has 0 fully saturated rings. The van der Waals surface area contributed by atoms with Crippen molar-refractivity contribution in [1.82, 2.24) is 15.1 Å². The van der Waals surface area contributed by atoms with Crippen LogP contribution in [0.15, 0.2) is 19.0 Å². The minimum atomic E-state index is -0.533. The van der Waals surface area contributed by atoms with Gasteiger partial charge in [0.25, 0.3) is 0 Å². The molecule has 1 unspecified atom stereocenters. The molecule has 0 aliphatic rings. The number of nitrogens with one attached hydrogen (secondary N) is 1. The predicted octanol–water partition coefficient (Wildman–Crippen LogP) is 1.51. The van der Waals surface area contributed by atoms with Crippen molar-refractivity contribution >= 4 is 12.3 Å². The SMILES string of the molecule is C=Cn1cc(C(CN)NC(=O)OC(C)(C)C)cn1. The first-order chi connectivity index (χ1) is 8.35. The summed E-state index contributed by atoms with van der Waals surface area (Å²) >= 11 is 0. The first-order valence-corrected chi connectivity index (χ1v) is 5.72. The van der Waals surface area contributed by atoms with E-state index in [2.05, 4.69) is 17.0 Å². The summed E-state index contributed by atoms with van der Waals surface area (Å²) in [5.74, 6) is 0. The van der Waals surface area contributed by atoms with E-state index in [-0.39, 0.29) is 12.6 Å². The molecule has 6 heteroatoms. The van der Waals surface area contributed by atoms with Crippen LogP contribution < -0.4 is 11.1 Å². The van der Waals surface area contributed by atoms with Gasteiger partial charge >= 0.3 is 6.09 Å². The van der Waals surface area contributed by atoms with Gasteiger partial charge < -0.3 is 15.8 Å². The molecule has 1 atom stereocenters. The highest BCUT2D eigenvalue weighted by atomic mass is 16.6. The van der Waals surface area contributed by atoms with E-state index in [9.17, 15) is 4.79 Å². The fourth-order valence-corrected chi connectivity index (χ4v) is 1.36. The Hall–Kier alpha value is -1.82. The van der Waals surface area contributed by atoms with Crippen molar-refractivity contribution in [3.05, 3.63) is 24.5 Å². The summed E-state index contributed by atoms with van der Waals surface area (Å²) < 4.78 is 6.72. The van der Waals surface area contributed by atoms with Gasteiger partial charge in [0, 0.05) is 24.5 Å². The Morgan fingerprint density at radius 2 is 2.39 bits per heavy atom. The number of aromatic nitrogens is 2. The van der Waals surface area contributed by atoms with Crippen LogP contribution in [0.1, 0.15) is 32.4 Å². The van der Waals surface area contributed by atoms with Gasteiger partial charge in [0.2, 0.25) is 0 Å². The Balaban J connectivity index is 2.67. The summed E-state index contributed by atoms with van der Waals surface area (Å²) in [5.41, 5.74) is 5.91. The maximum atomic E-state index is 11.6. The monoisotopic (exact) mass is 252 g/mol. The molecular weight excluding hydrogens is 232 g/mol. The molecule has 0 saturated heterocycles. The molecule has 1 rings (SSSR count). The Morgan fingerprint density at radius 3 is 2.83 bits per heavy atom. The topological polar surface area (TPSA) is 82.2 Å². The number of carbonyl (C=O) groups excluding carboxylic acids is 1. The van der Waals surface area contributed by atoms with Gasteiger partial charge in [-0.05, 0) is 20.8 Å². The number of ether oxygens (including phenoxy) is 1. The standard InChI is InChI=1S/C12H20N4O2/c1-5-16-8-9(7-14-16)10(6-13)15-11(17)18-12(2,3)4/h5,7-8,10H,1,6,13H2,2-4H3,(H,15,17). The van der Waals surface area contributed by atoms with Crippen LogP contribution in [0.4, 0.5) is 4.79 Å². The molecule has 0 aliphatic heterocycles. The van der Waals surface area contributed by atoms with Gasteiger partial charge in [-0.3, -0.25) is 0 Å². The molecule has 0 aliphatic carbocycles. The Kier molecular flexibility index (Phi) is 4.49. The number of alkyl carbamates (subject to hydrolysis) is 1. The van der Waals surface area contributed by atoms with Gasteiger partial charge in [0.05, 0.1) is 12.2 Å². The number of nitrogens with two attached hydrogens (primary N) is 1. The number of rotatable bonds is 4. The van der Waals surface area contributed by atoms with Crippen molar-refractivity contribution < 1.29 is 9.53 Å². The third-order valence-corrected chi connectivity index (χ3v) is 2.14. The lowest BCUT2D eigenvalue weighted by molar-refractivity contribution is 0.0505. The predicted molar refractivity (Wildman–Crippen MR) is 69.8 cm³/mol. The third kappa shape index (κ3) is 4.21. The average molecular weight is 252 g/mol. The van der Waals surface area contributed by atoms with E-state index >= 15 is 0 Å². The Bertz CT molecular complexity index is 420. The average Bonchev–Trinajstić information content (AvgIpc) is 2.71. The third-order valence-electron chi connectivity index (χ3n) is 2.14. The zero-order valence-electron chi connectivity index (χ0n) is 11.0. The molecule has 0 radical (unpaired) electrons. The zero-order valence-corrected chi connectivity index (χ0v) is 11.0. The molecule has 1 aromatic heterocycles. The second-order valence-electron chi connectivity index (χ2n) is 4.87. The second-order valence-corrected chi connectivity index (χ2v) is 4.87. The van der Waals surface area contributed by atoms with Crippen LogP contribution in [0.3, 0.4) is 0 Å². The van der Waals surface area contributed by atoms with Crippen LogP contribution in [0, 0.1) is 0 Å². The second kappa shape index (κ2) is 5.68. The fraction of sp³-hybridized carbons (Fsp3) is 0.500. The lowest BCUT2D eigenvalue weighted by Crippen LogP contribution is -2.37. The fourth-order valence-electron chi connectivity index (χ4n) is 1.36. The number of hydrogen-bond acceptors (Lipinski definition) is 4. The van der Waals surface area contributed by atoms with Crippen molar-refractivity contribution in [2.24, 2.45) is 5.73 Å². The molecule has 3 N–H and O–H groups in total. The molecule has 1 aromatic rings. The number of nitrogens with zero attached hydrogens (tertiary/aromatic N) is 2. The molecular formula is C12H20N4O2. The smallest absolute Gasteiger partial charge is 0.408 e. The van der Waals surface area contributed by atoms with E-state index in [1.54, 1.807) is 44.0 Å². The van der Waals surface area contributed by atoms with Crippen molar-refractivity contribution in [3.63, 3.8) is 0 Å². The minimum Gasteiger partial charge on any atom is -0.444 e. The van der Waals surface area contributed by atoms with Crippen molar-refractivity contribution in [1.29, 1.82) is 0 Å². The van der Waals surface area contributed by atoms with Gasteiger partial charge in [0.1, 0.15) is 5.60 Å². The summed E-state index contributed by atoms with van der Waals surface area (Å²) in [7, 11) is 0. The lowest BCUT2D eigenvalue weighted by atomic mass is 10.1. The van der Waals surface area contributed by atoms with Gasteiger partial charge in [-0.2, -0.15) is 5.10 Å². The van der Waals surface area contributed by atoms with Gasteiger partial charge in [-0.25, -0.2) is 9.48 Å². The van der Waals surface area contributed by atoms with Crippen LogP contribution in [-0.2, 0) is 4.74 Å². The molecule has 6 nitrogen and oxygen atoms in total. The molecule has 0 bridgehead atoms. The largest absolute Gasteiger partial charge is 0.444 e. The van der Waals surface area contributed by atoms with E-state index in [0.29, 0.717) is 0 Å². The minimum absolute atomic E-state index is 0.266. The quantitative estimate of drug-likeness (QED) is 0.851. The van der Waals surface area contributed by atoms with E-state index in [0.717, 1.165) is 5.56 Å². The number of amides is 1. The highest BCUT2D eigenvalue weighted by Crippen LogP contribution is 2.13. The van der Waals surface area contributed by atoms with Gasteiger partial charge in [0.15, 0.2) is 0 Å². The molecule has 0 spiro atoms. The van der Waals surface area contributed by atoms with Crippen molar-refractivity contribution in [2.75, 3.05) is 6.54 Å². The van der Waals surface area contributed by atoms with E-state index in [1.165, 1.54) is 0 Å². The zero-order chi connectivity index (χ0) is 13.8. The summed E-state index contributed by atoms with van der Waals surface area (Å²) in [6, 6.07) is -0.325. The van der Waals surface area contributed by atoms with E-state index in [4.69, 9.17) is 10.5 Å². The summed E-state index contributed by atoms with van der Waals surface area (Å²) in [4.78, 5) is 11.6. The number of hydrogen-bond donors (Lipinski definition) is 2. The first kappa shape index (κ1) is 14.2. The summed E-state index contributed by atoms with van der Waals surface area (Å²) in [6.07, 6.45) is 4.45. The normalized spacial score (nSPS) is 12.9. The maximum Gasteiger partial charge on any atom is 0.408 e. The van der Waals surface area contributed by atoms with Crippen LogP contribution in [-0.4, -0.2) is 28.0 Å². The molecule has 1 heterocycles. The molecule has 1 amide bonds. The van der Waals surface area contributed by atoms with Crippen molar-refractivity contribution in [2.45, 2.75) is 32.4 Å². The molecule has 18 heavy (non-hydrogen) atoms. The number of carbonyl (C=O) groups is 1. The van der Waals surface area contributed by atoms with Crippen LogP contribution in [0.2, 0.25) is 0 Å². The molecule has 0 aromatic carbocycles. The lowest BCUT2D eigenvalue weighted by Gasteiger charge is -2.22. The highest BCUT2D eigenvalue weighted by Gasteiger charge is 2.20. The summed E-state index contributed by atoms with van der Waals surface area (Å²) in [5, 5.41) is 6.74. The first-order valence-electron chi connectivity index (χ1n) is 5.72. The van der Waals surface area contributed by atoms with Crippen molar-refractivity contribution in [3.8, 4) is 0 Å². The van der Waals surface area contributed by atoms with E-state index < -0.39 is 11.7 Å². The maximum absolute atomic E-state index is 11.6. The van der Waals surface area contributed by atoms with Crippen LogP contribution in [0.25, 0.3) is 6.20 Å². The van der Waals surface area contributed by atoms with E-state index in [1.807, 2.05) is 0 Å². The van der Waals surface area contributed by atoms with Crippen LogP contribution >= 0.6 is 0 Å². The highest BCUT2D eigenvalue weighted by molar-refractivity contribution is 5.68. The molecule has 0 saturated carbocycles. The Labute approximate surface area is 107 Å². The van der Waals surface area contributed by atoms with Gasteiger partial charge in [-0.15, -0.1) is 0 Å². The van der Waals surface area contributed by atoms with Gasteiger partial charge in [-0.1, -0.05) is 6.58 Å². The van der Waals surface area contributed by atoms with Crippen LogP contribution in [0.5, 0.6) is 0 Å². The Morgan fingerprint density at radius 1 is 1.72 bits per heavy atom. The summed E-state index contributed by atoms with van der Waals surface area (Å²) in [6.45, 7) is 9.28. The molecule has 100 valence electrons.